The third kappa shape index (κ3) is 3.34. The average molecular weight is 308 g/mol. The number of carbonyl (C=O) groups excluding carboxylic acids is 1. The van der Waals surface area contributed by atoms with Gasteiger partial charge < -0.3 is 16.0 Å². The van der Waals surface area contributed by atoms with Crippen molar-refractivity contribution >= 4 is 11.6 Å². The van der Waals surface area contributed by atoms with Crippen LogP contribution in [0.25, 0.3) is 0 Å². The molecule has 7 heteroatoms. The van der Waals surface area contributed by atoms with Crippen LogP contribution in [-0.4, -0.2) is 31.1 Å². The molecule has 1 aliphatic heterocycles. The number of nitrogens with zero attached hydrogens (tertiary/aromatic N) is 2. The van der Waals surface area contributed by atoms with Gasteiger partial charge in [0.15, 0.2) is 11.6 Å². The number of halogens is 2. The topological polar surface area (TPSA) is 82.2 Å². The number of nitrogens with one attached hydrogen (secondary N) is 1. The minimum Gasteiger partial charge on any atom is -0.368 e. The lowest BCUT2D eigenvalue weighted by Crippen LogP contribution is -2.46. The molecule has 1 saturated heterocycles. The van der Waals surface area contributed by atoms with Crippen molar-refractivity contribution < 1.29 is 13.6 Å². The second-order valence-corrected chi connectivity index (χ2v) is 5.35. The van der Waals surface area contributed by atoms with Crippen LogP contribution in [0.5, 0.6) is 0 Å². The van der Waals surface area contributed by atoms with Crippen molar-refractivity contribution in [2.24, 2.45) is 5.73 Å². The molecule has 1 fully saturated rings. The van der Waals surface area contributed by atoms with Gasteiger partial charge in [-0.1, -0.05) is 6.92 Å². The molecular weight excluding hydrogens is 290 g/mol. The molecule has 1 heterocycles. The molecule has 5 nitrogen and oxygen atoms in total. The molecule has 118 valence electrons. The largest absolute Gasteiger partial charge is 0.368 e. The van der Waals surface area contributed by atoms with Crippen molar-refractivity contribution in [3.63, 3.8) is 0 Å². The van der Waals surface area contributed by atoms with E-state index in [9.17, 15) is 13.6 Å². The normalized spacial score (nSPS) is 18.9. The lowest BCUT2D eigenvalue weighted by atomic mass is 10.1. The first-order valence-corrected chi connectivity index (χ1v) is 7.16. The number of rotatable bonds is 4. The van der Waals surface area contributed by atoms with Crippen LogP contribution in [0.2, 0.25) is 0 Å². The van der Waals surface area contributed by atoms with Gasteiger partial charge in [-0.3, -0.25) is 4.79 Å². The minimum absolute atomic E-state index is 0.0798. The molecule has 0 bridgehead atoms. The van der Waals surface area contributed by atoms with Gasteiger partial charge in [0.05, 0.1) is 17.3 Å². The third-order valence-electron chi connectivity index (χ3n) is 3.81. The summed E-state index contributed by atoms with van der Waals surface area (Å²) in [5.74, 6) is -2.26. The number of anilines is 1. The molecule has 0 spiro atoms. The van der Waals surface area contributed by atoms with Crippen LogP contribution in [0, 0.1) is 23.0 Å². The van der Waals surface area contributed by atoms with Gasteiger partial charge in [0.25, 0.3) is 0 Å². The van der Waals surface area contributed by atoms with Gasteiger partial charge in [-0.2, -0.15) is 5.26 Å². The predicted molar refractivity (Wildman–Crippen MR) is 78.1 cm³/mol. The van der Waals surface area contributed by atoms with Gasteiger partial charge in [0.2, 0.25) is 5.91 Å². The Labute approximate surface area is 127 Å². The first-order chi connectivity index (χ1) is 10.5. The molecule has 0 radical (unpaired) electrons. The molecule has 2 rings (SSSR count). The summed E-state index contributed by atoms with van der Waals surface area (Å²) in [6.45, 7) is 2.81. The van der Waals surface area contributed by atoms with Crippen LogP contribution < -0.4 is 16.0 Å². The van der Waals surface area contributed by atoms with Crippen molar-refractivity contribution in [2.45, 2.75) is 31.8 Å². The monoisotopic (exact) mass is 308 g/mol. The highest BCUT2D eigenvalue weighted by molar-refractivity contribution is 5.81. The molecule has 0 saturated carbocycles. The maximum atomic E-state index is 13.4. The van der Waals surface area contributed by atoms with E-state index in [4.69, 9.17) is 11.0 Å². The summed E-state index contributed by atoms with van der Waals surface area (Å²) in [5.41, 5.74) is 6.09. The zero-order valence-corrected chi connectivity index (χ0v) is 12.3. The van der Waals surface area contributed by atoms with E-state index in [-0.39, 0.29) is 17.5 Å². The van der Waals surface area contributed by atoms with Crippen molar-refractivity contribution in [3.05, 3.63) is 29.3 Å². The molecule has 3 N–H and O–H groups in total. The fraction of sp³-hybridized carbons (Fsp3) is 0.467. The van der Waals surface area contributed by atoms with Gasteiger partial charge in [-0.25, -0.2) is 8.78 Å². The van der Waals surface area contributed by atoms with E-state index in [2.05, 4.69) is 5.32 Å². The first-order valence-electron chi connectivity index (χ1n) is 7.16. The number of hydrogen-bond acceptors (Lipinski definition) is 4. The molecule has 0 aliphatic carbocycles. The van der Waals surface area contributed by atoms with Gasteiger partial charge in [0.1, 0.15) is 6.07 Å². The molecule has 1 aromatic carbocycles. The van der Waals surface area contributed by atoms with Crippen LogP contribution >= 0.6 is 0 Å². The van der Waals surface area contributed by atoms with Crippen LogP contribution in [0.4, 0.5) is 14.5 Å². The second-order valence-electron chi connectivity index (χ2n) is 5.35. The Morgan fingerprint density at radius 1 is 1.55 bits per heavy atom. The van der Waals surface area contributed by atoms with Gasteiger partial charge in [0, 0.05) is 25.2 Å². The number of amides is 1. The summed E-state index contributed by atoms with van der Waals surface area (Å²) in [6.07, 6.45) is 1.20. The Balaban J connectivity index is 2.09. The Bertz CT molecular complexity index is 614. The van der Waals surface area contributed by atoms with Crippen LogP contribution in [-0.2, 0) is 4.79 Å². The van der Waals surface area contributed by atoms with E-state index >= 15 is 0 Å². The highest BCUT2D eigenvalue weighted by Crippen LogP contribution is 2.26. The zero-order chi connectivity index (χ0) is 16.3. The SMILES string of the molecule is CCC(N)C(=O)NC1CCN(c2cc(F)c(F)cc2C#N)C1. The van der Waals surface area contributed by atoms with Crippen molar-refractivity contribution in [1.29, 1.82) is 5.26 Å². The Morgan fingerprint density at radius 3 is 2.86 bits per heavy atom. The van der Waals surface area contributed by atoms with Gasteiger partial charge >= 0.3 is 0 Å². The van der Waals surface area contributed by atoms with Crippen LogP contribution in [0.3, 0.4) is 0 Å². The Hall–Kier alpha value is -2.20. The number of nitriles is 1. The maximum absolute atomic E-state index is 13.4. The molecule has 1 aliphatic rings. The third-order valence-corrected chi connectivity index (χ3v) is 3.81. The molecule has 0 aromatic heterocycles. The van der Waals surface area contributed by atoms with E-state index in [1.54, 1.807) is 4.90 Å². The summed E-state index contributed by atoms with van der Waals surface area (Å²) in [4.78, 5) is 13.5. The lowest BCUT2D eigenvalue weighted by Gasteiger charge is -2.21. The van der Waals surface area contributed by atoms with Crippen molar-refractivity contribution in [3.8, 4) is 6.07 Å². The summed E-state index contributed by atoms with van der Waals surface area (Å²) < 4.78 is 26.6. The number of nitrogens with two attached hydrogens (primary N) is 1. The predicted octanol–water partition coefficient (Wildman–Crippen LogP) is 1.27. The van der Waals surface area contributed by atoms with E-state index in [1.165, 1.54) is 0 Å². The summed E-state index contributed by atoms with van der Waals surface area (Å²) in [5, 5.41) is 11.9. The first kappa shape index (κ1) is 16.2. The summed E-state index contributed by atoms with van der Waals surface area (Å²) >= 11 is 0. The molecule has 1 amide bonds. The fourth-order valence-corrected chi connectivity index (χ4v) is 2.48. The van der Waals surface area contributed by atoms with Gasteiger partial charge in [-0.15, -0.1) is 0 Å². The van der Waals surface area contributed by atoms with Crippen LogP contribution in [0.1, 0.15) is 25.3 Å². The lowest BCUT2D eigenvalue weighted by molar-refractivity contribution is -0.123. The smallest absolute Gasteiger partial charge is 0.237 e. The zero-order valence-electron chi connectivity index (χ0n) is 12.3. The maximum Gasteiger partial charge on any atom is 0.237 e. The molecule has 22 heavy (non-hydrogen) atoms. The molecule has 2 atom stereocenters. The summed E-state index contributed by atoms with van der Waals surface area (Å²) in [6, 6.07) is 3.11. The highest BCUT2D eigenvalue weighted by Gasteiger charge is 2.27. The van der Waals surface area contributed by atoms with E-state index in [0.29, 0.717) is 31.6 Å². The number of hydrogen-bond donors (Lipinski definition) is 2. The fourth-order valence-electron chi connectivity index (χ4n) is 2.48. The molecule has 1 aromatic rings. The number of benzene rings is 1. The van der Waals surface area contributed by atoms with Gasteiger partial charge in [-0.05, 0) is 18.9 Å². The molecular formula is C15H18F2N4O. The quantitative estimate of drug-likeness (QED) is 0.877. The average Bonchev–Trinajstić information content (AvgIpc) is 2.96. The standard InChI is InChI=1S/C15H18F2N4O/c1-2-13(19)15(22)20-10-3-4-21(8-10)14-6-12(17)11(16)5-9(14)7-18/h5-6,10,13H,2-4,8,19H2,1H3,(H,20,22). The highest BCUT2D eigenvalue weighted by atomic mass is 19.2. The Morgan fingerprint density at radius 2 is 2.23 bits per heavy atom. The molecule has 2 unspecified atom stereocenters. The second kappa shape index (κ2) is 6.71. The van der Waals surface area contributed by atoms with Crippen molar-refractivity contribution in [2.75, 3.05) is 18.0 Å². The van der Waals surface area contributed by atoms with Crippen molar-refractivity contribution in [1.82, 2.24) is 5.32 Å². The van der Waals surface area contributed by atoms with E-state index < -0.39 is 17.7 Å². The minimum atomic E-state index is -1.04. The van der Waals surface area contributed by atoms with Crippen LogP contribution in [0.15, 0.2) is 12.1 Å². The van der Waals surface area contributed by atoms with E-state index in [0.717, 1.165) is 12.1 Å². The summed E-state index contributed by atoms with van der Waals surface area (Å²) in [7, 11) is 0. The Kier molecular flexibility index (Phi) is 4.93. The van der Waals surface area contributed by atoms with E-state index in [1.807, 2.05) is 13.0 Å². The number of carbonyl (C=O) groups is 1.